The number of amides is 1. The number of benzene rings is 1. The first-order chi connectivity index (χ1) is 16.0. The third kappa shape index (κ3) is 4.61. The van der Waals surface area contributed by atoms with E-state index in [2.05, 4.69) is 21.3 Å². The van der Waals surface area contributed by atoms with Crippen molar-refractivity contribution >= 4 is 29.3 Å². The lowest BCUT2D eigenvalue weighted by molar-refractivity contribution is -0.131. The Hall–Kier alpha value is -2.89. The average molecular weight is 481 g/mol. The molecule has 9 heteroatoms. The summed E-state index contributed by atoms with van der Waals surface area (Å²) in [7, 11) is 1.74. The molecule has 0 N–H and O–H groups in total. The van der Waals surface area contributed by atoms with Gasteiger partial charge in [-0.1, -0.05) is 48.7 Å². The number of thioether (sulfide) groups is 1. The Kier molecular flexibility index (Phi) is 7.01. The number of carbonyl (C=O) groups excluding carboxylic acids is 1. The van der Waals surface area contributed by atoms with Crippen molar-refractivity contribution in [2.75, 3.05) is 12.8 Å². The minimum absolute atomic E-state index is 0.0914. The largest absolute Gasteiger partial charge is 0.326 e. The molecule has 0 saturated heterocycles. The second-order valence-electron chi connectivity index (χ2n) is 8.21. The second kappa shape index (κ2) is 9.94. The van der Waals surface area contributed by atoms with E-state index in [1.165, 1.54) is 11.8 Å². The van der Waals surface area contributed by atoms with Gasteiger partial charge in [-0.2, -0.15) is 5.26 Å². The number of aromatic nitrogens is 4. The van der Waals surface area contributed by atoms with Crippen LogP contribution in [-0.4, -0.2) is 48.9 Å². The Morgan fingerprint density at radius 1 is 1.21 bits per heavy atom. The molecule has 170 valence electrons. The van der Waals surface area contributed by atoms with Crippen molar-refractivity contribution in [1.29, 1.82) is 5.26 Å². The van der Waals surface area contributed by atoms with Crippen LogP contribution in [0.1, 0.15) is 37.7 Å². The Morgan fingerprint density at radius 3 is 2.64 bits per heavy atom. The lowest BCUT2D eigenvalue weighted by Gasteiger charge is -2.39. The highest BCUT2D eigenvalue weighted by atomic mass is 35.5. The highest BCUT2D eigenvalue weighted by Crippen LogP contribution is 2.34. The molecule has 0 unspecified atom stereocenters. The van der Waals surface area contributed by atoms with Gasteiger partial charge in [0.15, 0.2) is 11.0 Å². The van der Waals surface area contributed by atoms with Gasteiger partial charge in [-0.05, 0) is 49.6 Å². The van der Waals surface area contributed by atoms with E-state index in [0.717, 1.165) is 48.9 Å². The summed E-state index contributed by atoms with van der Waals surface area (Å²) >= 11 is 7.72. The van der Waals surface area contributed by atoms with E-state index in [1.807, 2.05) is 41.8 Å². The van der Waals surface area contributed by atoms with Crippen LogP contribution in [0.4, 0.5) is 0 Å². The Labute approximate surface area is 202 Å². The molecule has 33 heavy (non-hydrogen) atoms. The molecule has 2 aromatic heterocycles. The Bertz CT molecular complexity index is 1180. The van der Waals surface area contributed by atoms with Crippen LogP contribution in [-0.2, 0) is 4.79 Å². The quantitative estimate of drug-likeness (QED) is 0.458. The minimum Gasteiger partial charge on any atom is -0.326 e. The summed E-state index contributed by atoms with van der Waals surface area (Å²) in [6.07, 6.45) is 7.90. The maximum Gasteiger partial charge on any atom is 0.234 e. The van der Waals surface area contributed by atoms with Crippen LogP contribution in [0.25, 0.3) is 17.1 Å². The highest BCUT2D eigenvalue weighted by Gasteiger charge is 2.38. The van der Waals surface area contributed by atoms with Gasteiger partial charge < -0.3 is 4.90 Å². The molecule has 1 saturated carbocycles. The van der Waals surface area contributed by atoms with Gasteiger partial charge in [0.2, 0.25) is 5.91 Å². The topological polar surface area (TPSA) is 87.7 Å². The van der Waals surface area contributed by atoms with Crippen LogP contribution >= 0.6 is 23.4 Å². The summed E-state index contributed by atoms with van der Waals surface area (Å²) in [4.78, 5) is 18.8. The molecule has 1 fully saturated rings. The fourth-order valence-electron chi connectivity index (χ4n) is 4.23. The van der Waals surface area contributed by atoms with Crippen molar-refractivity contribution in [3.63, 3.8) is 0 Å². The summed E-state index contributed by atoms with van der Waals surface area (Å²) < 4.78 is 1.93. The van der Waals surface area contributed by atoms with Gasteiger partial charge in [-0.15, -0.1) is 10.2 Å². The van der Waals surface area contributed by atoms with Gasteiger partial charge in [0.05, 0.1) is 17.5 Å². The summed E-state index contributed by atoms with van der Waals surface area (Å²) in [6.45, 7) is 1.95. The number of nitriles is 1. The van der Waals surface area contributed by atoms with Crippen molar-refractivity contribution in [1.82, 2.24) is 24.6 Å². The van der Waals surface area contributed by atoms with Crippen LogP contribution in [0.15, 0.2) is 47.9 Å². The molecule has 1 aromatic carbocycles. The molecule has 7 nitrogen and oxygen atoms in total. The van der Waals surface area contributed by atoms with Crippen molar-refractivity contribution < 1.29 is 4.79 Å². The van der Waals surface area contributed by atoms with E-state index in [4.69, 9.17) is 11.6 Å². The summed E-state index contributed by atoms with van der Waals surface area (Å²) in [5, 5.41) is 19.9. The molecule has 0 spiro atoms. The van der Waals surface area contributed by atoms with Crippen LogP contribution in [0.5, 0.6) is 0 Å². The third-order valence-corrected chi connectivity index (χ3v) is 7.60. The number of hydrogen-bond donors (Lipinski definition) is 0. The van der Waals surface area contributed by atoms with Gasteiger partial charge in [0, 0.05) is 30.0 Å². The number of hydrogen-bond acceptors (Lipinski definition) is 6. The summed E-state index contributed by atoms with van der Waals surface area (Å²) in [6, 6.07) is 11.8. The van der Waals surface area contributed by atoms with Gasteiger partial charge in [-0.25, -0.2) is 0 Å². The minimum atomic E-state index is -0.713. The van der Waals surface area contributed by atoms with E-state index < -0.39 is 5.54 Å². The number of halogens is 1. The summed E-state index contributed by atoms with van der Waals surface area (Å²) in [5.74, 6) is 0.715. The zero-order valence-electron chi connectivity index (χ0n) is 18.7. The molecule has 0 aliphatic heterocycles. The Morgan fingerprint density at radius 2 is 1.94 bits per heavy atom. The molecular weight excluding hydrogens is 456 g/mol. The number of pyridine rings is 1. The lowest BCUT2D eigenvalue weighted by atomic mass is 9.81. The van der Waals surface area contributed by atoms with Gasteiger partial charge in [0.25, 0.3) is 0 Å². The van der Waals surface area contributed by atoms with Gasteiger partial charge >= 0.3 is 0 Å². The number of carbonyl (C=O) groups is 1. The van der Waals surface area contributed by atoms with Crippen LogP contribution in [0, 0.1) is 18.3 Å². The predicted octanol–water partition coefficient (Wildman–Crippen LogP) is 5.07. The van der Waals surface area contributed by atoms with Crippen molar-refractivity contribution in [2.45, 2.75) is 49.7 Å². The van der Waals surface area contributed by atoms with Gasteiger partial charge in [0.1, 0.15) is 5.54 Å². The molecule has 2 heterocycles. The summed E-state index contributed by atoms with van der Waals surface area (Å²) in [5.41, 5.74) is 1.89. The lowest BCUT2D eigenvalue weighted by Crippen LogP contribution is -2.50. The monoisotopic (exact) mass is 480 g/mol. The predicted molar refractivity (Wildman–Crippen MR) is 129 cm³/mol. The normalized spacial score (nSPS) is 15.1. The zero-order chi connectivity index (χ0) is 23.4. The standard InChI is InChI=1S/C24H25ClN6OS/c1-17-19(25)7-6-8-20(17)31-22(18-9-13-27-14-10-18)28-29-23(31)33-15-21(32)30(2)24(16-26)11-4-3-5-12-24/h6-10,13-14H,3-5,11-12,15H2,1-2H3. The molecule has 3 aromatic rings. The fraction of sp³-hybridized carbons (Fsp3) is 0.375. The Balaban J connectivity index is 1.65. The average Bonchev–Trinajstić information content (AvgIpc) is 3.28. The molecule has 1 aliphatic rings. The third-order valence-electron chi connectivity index (χ3n) is 6.28. The van der Waals surface area contributed by atoms with E-state index in [1.54, 1.807) is 24.3 Å². The SMILES string of the molecule is Cc1c(Cl)cccc1-n1c(SCC(=O)N(C)C2(C#N)CCCCC2)nnc1-c1ccncc1. The zero-order valence-corrected chi connectivity index (χ0v) is 20.2. The molecule has 1 amide bonds. The van der Waals surface area contributed by atoms with Crippen LogP contribution in [0.2, 0.25) is 5.02 Å². The maximum atomic E-state index is 13.1. The smallest absolute Gasteiger partial charge is 0.234 e. The highest BCUT2D eigenvalue weighted by molar-refractivity contribution is 7.99. The fourth-order valence-corrected chi connectivity index (χ4v) is 5.26. The first-order valence-corrected chi connectivity index (χ1v) is 12.3. The molecule has 4 rings (SSSR count). The number of nitrogens with zero attached hydrogens (tertiary/aromatic N) is 6. The molecule has 0 atom stereocenters. The van der Waals surface area contributed by atoms with E-state index >= 15 is 0 Å². The van der Waals surface area contributed by atoms with Gasteiger partial charge in [-0.3, -0.25) is 14.3 Å². The van der Waals surface area contributed by atoms with Crippen molar-refractivity contribution in [3.05, 3.63) is 53.3 Å². The van der Waals surface area contributed by atoms with Crippen LogP contribution < -0.4 is 0 Å². The van der Waals surface area contributed by atoms with Crippen LogP contribution in [0.3, 0.4) is 0 Å². The maximum absolute atomic E-state index is 13.1. The van der Waals surface area contributed by atoms with E-state index in [-0.39, 0.29) is 11.7 Å². The van der Waals surface area contributed by atoms with Crippen molar-refractivity contribution in [2.24, 2.45) is 0 Å². The van der Waals surface area contributed by atoms with E-state index in [9.17, 15) is 10.1 Å². The molecule has 0 radical (unpaired) electrons. The second-order valence-corrected chi connectivity index (χ2v) is 9.56. The van der Waals surface area contributed by atoms with E-state index in [0.29, 0.717) is 16.0 Å². The molecule has 1 aliphatic carbocycles. The van der Waals surface area contributed by atoms with Crippen molar-refractivity contribution in [3.8, 4) is 23.1 Å². The molecular formula is C24H25ClN6OS. The first kappa shape index (κ1) is 23.3. The number of rotatable bonds is 6. The molecule has 0 bridgehead atoms. The first-order valence-electron chi connectivity index (χ1n) is 10.9.